The molecule has 1 unspecified atom stereocenters. The van der Waals surface area contributed by atoms with Crippen LogP contribution >= 0.6 is 11.6 Å². The van der Waals surface area contributed by atoms with Crippen molar-refractivity contribution in [1.29, 1.82) is 0 Å². The number of anilines is 1. The van der Waals surface area contributed by atoms with E-state index in [2.05, 4.69) is 10.6 Å². The molecule has 1 aromatic carbocycles. The van der Waals surface area contributed by atoms with Crippen molar-refractivity contribution in [2.45, 2.75) is 12.5 Å². The smallest absolute Gasteiger partial charge is 0.319 e. The summed E-state index contributed by atoms with van der Waals surface area (Å²) < 4.78 is 5.16. The maximum Gasteiger partial charge on any atom is 0.319 e. The molecular weight excluding hydrogens is 228 g/mol. The van der Waals surface area contributed by atoms with E-state index < -0.39 is 0 Å². The van der Waals surface area contributed by atoms with Crippen LogP contribution in [0.15, 0.2) is 24.3 Å². The van der Waals surface area contributed by atoms with E-state index in [0.29, 0.717) is 23.9 Å². The second-order valence-corrected chi connectivity index (χ2v) is 4.05. The zero-order valence-electron chi connectivity index (χ0n) is 8.70. The van der Waals surface area contributed by atoms with E-state index in [9.17, 15) is 4.79 Å². The number of benzene rings is 1. The fourth-order valence-corrected chi connectivity index (χ4v) is 1.74. The Labute approximate surface area is 98.9 Å². The van der Waals surface area contributed by atoms with E-state index in [-0.39, 0.29) is 12.1 Å². The zero-order chi connectivity index (χ0) is 11.4. The van der Waals surface area contributed by atoms with Crippen molar-refractivity contribution in [3.63, 3.8) is 0 Å². The SMILES string of the molecule is O=C(Nc1ccccc1Cl)NC1CCOC1. The summed E-state index contributed by atoms with van der Waals surface area (Å²) in [5.41, 5.74) is 0.612. The lowest BCUT2D eigenvalue weighted by Crippen LogP contribution is -2.38. The minimum absolute atomic E-state index is 0.0995. The molecule has 16 heavy (non-hydrogen) atoms. The van der Waals surface area contributed by atoms with Gasteiger partial charge in [0.15, 0.2) is 0 Å². The Morgan fingerprint density at radius 3 is 2.94 bits per heavy atom. The van der Waals surface area contributed by atoms with E-state index in [1.54, 1.807) is 12.1 Å². The van der Waals surface area contributed by atoms with Gasteiger partial charge >= 0.3 is 6.03 Å². The number of nitrogens with one attached hydrogen (secondary N) is 2. The summed E-state index contributed by atoms with van der Waals surface area (Å²) in [5.74, 6) is 0. The zero-order valence-corrected chi connectivity index (χ0v) is 9.46. The van der Waals surface area contributed by atoms with Gasteiger partial charge in [0, 0.05) is 6.61 Å². The number of halogens is 1. The molecule has 1 aliphatic rings. The Kier molecular flexibility index (Phi) is 3.64. The van der Waals surface area contributed by atoms with Crippen molar-refractivity contribution in [2.75, 3.05) is 18.5 Å². The normalized spacial score (nSPS) is 19.4. The number of carbonyl (C=O) groups excluding carboxylic acids is 1. The van der Waals surface area contributed by atoms with E-state index in [1.807, 2.05) is 12.1 Å². The first-order chi connectivity index (χ1) is 7.75. The first kappa shape index (κ1) is 11.2. The van der Waals surface area contributed by atoms with Crippen LogP contribution in [0.1, 0.15) is 6.42 Å². The van der Waals surface area contributed by atoms with Crippen LogP contribution in [-0.4, -0.2) is 25.3 Å². The largest absolute Gasteiger partial charge is 0.379 e. The number of hydrogen-bond donors (Lipinski definition) is 2. The summed E-state index contributed by atoms with van der Waals surface area (Å²) in [6, 6.07) is 6.98. The van der Waals surface area contributed by atoms with Gasteiger partial charge in [0.2, 0.25) is 0 Å². The highest BCUT2D eigenvalue weighted by molar-refractivity contribution is 6.33. The summed E-state index contributed by atoms with van der Waals surface area (Å²) in [7, 11) is 0. The van der Waals surface area contributed by atoms with Crippen LogP contribution in [0.5, 0.6) is 0 Å². The molecule has 0 spiro atoms. The Hall–Kier alpha value is -1.26. The molecule has 2 amide bonds. The van der Waals surface area contributed by atoms with Crippen molar-refractivity contribution in [1.82, 2.24) is 5.32 Å². The summed E-state index contributed by atoms with van der Waals surface area (Å²) >= 11 is 5.92. The van der Waals surface area contributed by atoms with Gasteiger partial charge in [-0.05, 0) is 18.6 Å². The number of carbonyl (C=O) groups is 1. The molecule has 1 heterocycles. The third-order valence-corrected chi connectivity index (χ3v) is 2.72. The molecule has 0 aromatic heterocycles. The molecule has 86 valence electrons. The number of ether oxygens (including phenoxy) is 1. The Morgan fingerprint density at radius 2 is 2.25 bits per heavy atom. The molecule has 4 nitrogen and oxygen atoms in total. The van der Waals surface area contributed by atoms with Gasteiger partial charge in [-0.15, -0.1) is 0 Å². The molecule has 1 atom stereocenters. The van der Waals surface area contributed by atoms with Gasteiger partial charge in [-0.1, -0.05) is 23.7 Å². The van der Waals surface area contributed by atoms with Gasteiger partial charge < -0.3 is 15.4 Å². The van der Waals surface area contributed by atoms with Crippen molar-refractivity contribution in [2.24, 2.45) is 0 Å². The molecule has 1 aromatic rings. The molecule has 1 aliphatic heterocycles. The highest BCUT2D eigenvalue weighted by Crippen LogP contribution is 2.20. The standard InChI is InChI=1S/C11H13ClN2O2/c12-9-3-1-2-4-10(9)14-11(15)13-8-5-6-16-7-8/h1-4,8H,5-7H2,(H2,13,14,15). The molecule has 5 heteroatoms. The van der Waals surface area contributed by atoms with Crippen molar-refractivity contribution >= 4 is 23.3 Å². The minimum Gasteiger partial charge on any atom is -0.379 e. The molecule has 1 fully saturated rings. The van der Waals surface area contributed by atoms with Gasteiger partial charge in [0.05, 0.1) is 23.4 Å². The van der Waals surface area contributed by atoms with Crippen LogP contribution in [0.2, 0.25) is 5.02 Å². The topological polar surface area (TPSA) is 50.4 Å². The lowest BCUT2D eigenvalue weighted by atomic mass is 10.3. The van der Waals surface area contributed by atoms with Crippen LogP contribution in [-0.2, 0) is 4.74 Å². The molecule has 2 N–H and O–H groups in total. The van der Waals surface area contributed by atoms with Gasteiger partial charge in [-0.25, -0.2) is 4.79 Å². The maximum absolute atomic E-state index is 11.6. The van der Waals surface area contributed by atoms with Crippen LogP contribution in [0, 0.1) is 0 Å². The van der Waals surface area contributed by atoms with E-state index in [0.717, 1.165) is 6.42 Å². The predicted molar refractivity (Wildman–Crippen MR) is 62.8 cm³/mol. The molecule has 0 radical (unpaired) electrons. The Morgan fingerprint density at radius 1 is 1.44 bits per heavy atom. The number of urea groups is 1. The van der Waals surface area contributed by atoms with Gasteiger partial charge in [0.1, 0.15) is 0 Å². The summed E-state index contributed by atoms with van der Waals surface area (Å²) in [6.07, 6.45) is 0.857. The van der Waals surface area contributed by atoms with Crippen molar-refractivity contribution < 1.29 is 9.53 Å². The quantitative estimate of drug-likeness (QED) is 0.833. The van der Waals surface area contributed by atoms with Gasteiger partial charge in [-0.3, -0.25) is 0 Å². The second-order valence-electron chi connectivity index (χ2n) is 3.64. The molecule has 2 rings (SSSR count). The maximum atomic E-state index is 11.6. The molecule has 0 saturated carbocycles. The molecular formula is C11H13ClN2O2. The molecule has 0 aliphatic carbocycles. The molecule has 1 saturated heterocycles. The summed E-state index contributed by atoms with van der Waals surface area (Å²) in [4.78, 5) is 11.6. The van der Waals surface area contributed by atoms with Crippen molar-refractivity contribution in [3.8, 4) is 0 Å². The van der Waals surface area contributed by atoms with Crippen LogP contribution in [0.25, 0.3) is 0 Å². The van der Waals surface area contributed by atoms with Crippen LogP contribution in [0.3, 0.4) is 0 Å². The predicted octanol–water partition coefficient (Wildman–Crippen LogP) is 2.25. The Balaban J connectivity index is 1.89. The lowest BCUT2D eigenvalue weighted by molar-refractivity contribution is 0.189. The fraction of sp³-hybridized carbons (Fsp3) is 0.364. The summed E-state index contributed by atoms with van der Waals surface area (Å²) in [5, 5.41) is 6.05. The van der Waals surface area contributed by atoms with Gasteiger partial charge in [0.25, 0.3) is 0 Å². The number of hydrogen-bond acceptors (Lipinski definition) is 2. The second kappa shape index (κ2) is 5.18. The third-order valence-electron chi connectivity index (χ3n) is 2.39. The average Bonchev–Trinajstić information content (AvgIpc) is 2.74. The van der Waals surface area contributed by atoms with E-state index >= 15 is 0 Å². The van der Waals surface area contributed by atoms with Crippen LogP contribution in [0.4, 0.5) is 10.5 Å². The van der Waals surface area contributed by atoms with Crippen LogP contribution < -0.4 is 10.6 Å². The third kappa shape index (κ3) is 2.87. The Bertz CT molecular complexity index is 378. The van der Waals surface area contributed by atoms with E-state index in [1.165, 1.54) is 0 Å². The average molecular weight is 241 g/mol. The monoisotopic (exact) mass is 240 g/mol. The summed E-state index contributed by atoms with van der Waals surface area (Å²) in [6.45, 7) is 1.28. The lowest BCUT2D eigenvalue weighted by Gasteiger charge is -2.12. The number of rotatable bonds is 2. The first-order valence-electron chi connectivity index (χ1n) is 5.15. The van der Waals surface area contributed by atoms with Crippen molar-refractivity contribution in [3.05, 3.63) is 29.3 Å². The first-order valence-corrected chi connectivity index (χ1v) is 5.53. The van der Waals surface area contributed by atoms with Gasteiger partial charge in [-0.2, -0.15) is 0 Å². The minimum atomic E-state index is -0.247. The van der Waals surface area contributed by atoms with E-state index in [4.69, 9.17) is 16.3 Å². The number of para-hydroxylation sites is 1. The molecule has 0 bridgehead atoms. The number of amides is 2. The highest BCUT2D eigenvalue weighted by atomic mass is 35.5. The highest BCUT2D eigenvalue weighted by Gasteiger charge is 2.17. The fourth-order valence-electron chi connectivity index (χ4n) is 1.55.